The van der Waals surface area contributed by atoms with E-state index in [9.17, 15) is 4.79 Å². The molecular weight excluding hydrogens is 244 g/mol. The highest BCUT2D eigenvalue weighted by Crippen LogP contribution is 2.16. The molecule has 100 valence electrons. The lowest BCUT2D eigenvalue weighted by molar-refractivity contribution is -0.154. The van der Waals surface area contributed by atoms with Crippen LogP contribution in [0.25, 0.3) is 0 Å². The molecule has 0 aromatic carbocycles. The molecule has 0 aromatic heterocycles. The zero-order chi connectivity index (χ0) is 12.1. The third-order valence-corrected chi connectivity index (χ3v) is 2.39. The molecule has 0 saturated carbocycles. The van der Waals surface area contributed by atoms with Crippen molar-refractivity contribution < 1.29 is 14.4 Å². The molecule has 2 N–H and O–H groups in total. The fraction of sp³-hybridized carbons (Fsp3) is 0.818. The number of esters is 1. The summed E-state index contributed by atoms with van der Waals surface area (Å²) in [7, 11) is 0. The lowest BCUT2D eigenvalue weighted by Gasteiger charge is -2.12. The average Bonchev–Trinajstić information content (AvgIpc) is 2.65. The van der Waals surface area contributed by atoms with E-state index in [4.69, 9.17) is 15.3 Å². The van der Waals surface area contributed by atoms with Crippen LogP contribution in [0.3, 0.4) is 0 Å². The van der Waals surface area contributed by atoms with E-state index in [1.807, 2.05) is 0 Å². The highest BCUT2D eigenvalue weighted by molar-refractivity contribution is 5.94. The Kier molecular flexibility index (Phi) is 7.15. The number of nitrogens with two attached hydrogens (primary N) is 1. The third-order valence-electron chi connectivity index (χ3n) is 2.39. The van der Waals surface area contributed by atoms with Gasteiger partial charge in [-0.15, -0.1) is 12.4 Å². The predicted octanol–water partition coefficient (Wildman–Crippen LogP) is 1.49. The van der Waals surface area contributed by atoms with Crippen molar-refractivity contribution in [3.63, 3.8) is 0 Å². The van der Waals surface area contributed by atoms with Crippen LogP contribution in [0.15, 0.2) is 5.16 Å². The van der Waals surface area contributed by atoms with E-state index in [1.54, 1.807) is 6.92 Å². The number of ether oxygens (including phenoxy) is 1. The zero-order valence-electron chi connectivity index (χ0n) is 10.5. The van der Waals surface area contributed by atoms with Crippen molar-refractivity contribution in [2.24, 2.45) is 16.8 Å². The van der Waals surface area contributed by atoms with Crippen LogP contribution >= 0.6 is 12.4 Å². The van der Waals surface area contributed by atoms with Crippen LogP contribution in [0.2, 0.25) is 0 Å². The third kappa shape index (κ3) is 4.91. The molecule has 6 heteroatoms. The summed E-state index contributed by atoms with van der Waals surface area (Å²) in [5.74, 6) is 0.136. The monoisotopic (exact) mass is 264 g/mol. The van der Waals surface area contributed by atoms with Crippen LogP contribution in [0.5, 0.6) is 0 Å². The molecule has 0 aliphatic carbocycles. The standard InChI is InChI=1S/C11H20N2O3.ClH/c1-4-15-11(14)10-6-9(13-16-10)8(12)5-7(2)3;/h7-8,10H,4-6,12H2,1-3H3;1H/t8-,10?;/m0./s1. The SMILES string of the molecule is CCOC(=O)C1CC([C@@H](N)CC(C)C)=NO1.Cl. The zero-order valence-corrected chi connectivity index (χ0v) is 11.3. The van der Waals surface area contributed by atoms with Gasteiger partial charge in [-0.25, -0.2) is 4.79 Å². The van der Waals surface area contributed by atoms with Gasteiger partial charge in [0.25, 0.3) is 0 Å². The molecular formula is C11H21ClN2O3. The molecule has 1 aliphatic heterocycles. The topological polar surface area (TPSA) is 73.9 Å². The van der Waals surface area contributed by atoms with Gasteiger partial charge in [-0.2, -0.15) is 0 Å². The van der Waals surface area contributed by atoms with Crippen LogP contribution in [0, 0.1) is 5.92 Å². The summed E-state index contributed by atoms with van der Waals surface area (Å²) in [5.41, 5.74) is 6.71. The highest BCUT2D eigenvalue weighted by Gasteiger charge is 2.31. The number of carbonyl (C=O) groups is 1. The van der Waals surface area contributed by atoms with Gasteiger partial charge in [0, 0.05) is 12.5 Å². The molecule has 0 saturated heterocycles. The highest BCUT2D eigenvalue weighted by atomic mass is 35.5. The van der Waals surface area contributed by atoms with Crippen molar-refractivity contribution in [2.75, 3.05) is 6.61 Å². The Balaban J connectivity index is 0.00000256. The molecule has 17 heavy (non-hydrogen) atoms. The Morgan fingerprint density at radius 2 is 2.29 bits per heavy atom. The van der Waals surface area contributed by atoms with E-state index in [0.29, 0.717) is 18.9 Å². The molecule has 0 radical (unpaired) electrons. The second-order valence-electron chi connectivity index (χ2n) is 4.37. The predicted molar refractivity (Wildman–Crippen MR) is 68.2 cm³/mol. The summed E-state index contributed by atoms with van der Waals surface area (Å²) in [6.45, 7) is 6.31. The van der Waals surface area contributed by atoms with Gasteiger partial charge < -0.3 is 15.3 Å². The molecule has 1 rings (SSSR count). The van der Waals surface area contributed by atoms with Gasteiger partial charge in [0.2, 0.25) is 6.10 Å². The summed E-state index contributed by atoms with van der Waals surface area (Å²) >= 11 is 0. The van der Waals surface area contributed by atoms with Crippen LogP contribution in [0.4, 0.5) is 0 Å². The van der Waals surface area contributed by atoms with E-state index in [0.717, 1.165) is 12.1 Å². The molecule has 2 atom stereocenters. The van der Waals surface area contributed by atoms with Gasteiger partial charge in [-0.05, 0) is 19.3 Å². The van der Waals surface area contributed by atoms with E-state index in [2.05, 4.69) is 19.0 Å². The van der Waals surface area contributed by atoms with Gasteiger partial charge in [-0.1, -0.05) is 19.0 Å². The van der Waals surface area contributed by atoms with Crippen molar-refractivity contribution in [3.8, 4) is 0 Å². The summed E-state index contributed by atoms with van der Waals surface area (Å²) in [4.78, 5) is 16.4. The van der Waals surface area contributed by atoms with E-state index >= 15 is 0 Å². The Hall–Kier alpha value is -0.810. The largest absolute Gasteiger partial charge is 0.463 e. The molecule has 0 amide bonds. The Labute approximate surface area is 108 Å². The first-order valence-corrected chi connectivity index (χ1v) is 5.69. The average molecular weight is 265 g/mol. The summed E-state index contributed by atoms with van der Waals surface area (Å²) < 4.78 is 4.86. The minimum atomic E-state index is -0.604. The van der Waals surface area contributed by atoms with E-state index in [-0.39, 0.29) is 24.4 Å². The minimum absolute atomic E-state index is 0. The Morgan fingerprint density at radius 1 is 1.65 bits per heavy atom. The normalized spacial score (nSPS) is 20.3. The molecule has 0 aromatic rings. The van der Waals surface area contributed by atoms with E-state index < -0.39 is 6.10 Å². The Morgan fingerprint density at radius 3 is 2.82 bits per heavy atom. The van der Waals surface area contributed by atoms with Gasteiger partial charge in [0.05, 0.1) is 12.3 Å². The molecule has 5 nitrogen and oxygen atoms in total. The first-order chi connectivity index (χ1) is 7.54. The number of rotatable bonds is 5. The first-order valence-electron chi connectivity index (χ1n) is 5.69. The van der Waals surface area contributed by atoms with Crippen molar-refractivity contribution >= 4 is 24.1 Å². The van der Waals surface area contributed by atoms with Gasteiger partial charge in [0.15, 0.2) is 0 Å². The van der Waals surface area contributed by atoms with Gasteiger partial charge >= 0.3 is 5.97 Å². The minimum Gasteiger partial charge on any atom is -0.463 e. The van der Waals surface area contributed by atoms with Crippen LogP contribution < -0.4 is 5.73 Å². The maximum absolute atomic E-state index is 11.4. The van der Waals surface area contributed by atoms with Crippen LogP contribution in [0.1, 0.15) is 33.6 Å². The van der Waals surface area contributed by atoms with Gasteiger partial charge in [-0.3, -0.25) is 0 Å². The molecule has 1 aliphatic rings. The lowest BCUT2D eigenvalue weighted by Crippen LogP contribution is -2.33. The molecule has 1 unspecified atom stereocenters. The van der Waals surface area contributed by atoms with E-state index in [1.165, 1.54) is 0 Å². The molecule has 0 bridgehead atoms. The Bertz CT molecular complexity index is 282. The van der Waals surface area contributed by atoms with Crippen LogP contribution in [-0.2, 0) is 14.4 Å². The number of hydrogen-bond acceptors (Lipinski definition) is 5. The van der Waals surface area contributed by atoms with Crippen molar-refractivity contribution in [3.05, 3.63) is 0 Å². The summed E-state index contributed by atoms with van der Waals surface area (Å²) in [5, 5.41) is 3.86. The van der Waals surface area contributed by atoms with Crippen molar-refractivity contribution in [1.82, 2.24) is 0 Å². The maximum Gasteiger partial charge on any atom is 0.350 e. The fourth-order valence-electron chi connectivity index (χ4n) is 1.62. The maximum atomic E-state index is 11.4. The molecule has 0 spiro atoms. The molecule has 1 heterocycles. The number of nitrogens with zero attached hydrogens (tertiary/aromatic N) is 1. The molecule has 0 fully saturated rings. The lowest BCUT2D eigenvalue weighted by atomic mass is 9.98. The summed E-state index contributed by atoms with van der Waals surface area (Å²) in [6, 6.07) is -0.126. The second-order valence-corrected chi connectivity index (χ2v) is 4.37. The smallest absolute Gasteiger partial charge is 0.350 e. The number of carbonyl (C=O) groups excluding carboxylic acids is 1. The van der Waals surface area contributed by atoms with Crippen LogP contribution in [-0.4, -0.2) is 30.4 Å². The number of hydrogen-bond donors (Lipinski definition) is 1. The quantitative estimate of drug-likeness (QED) is 0.764. The number of halogens is 1. The van der Waals surface area contributed by atoms with Crippen molar-refractivity contribution in [1.29, 1.82) is 0 Å². The van der Waals surface area contributed by atoms with Gasteiger partial charge in [0.1, 0.15) is 0 Å². The summed E-state index contributed by atoms with van der Waals surface area (Å²) in [6.07, 6.45) is 0.693. The number of oxime groups is 1. The first kappa shape index (κ1) is 16.2. The second kappa shape index (κ2) is 7.50. The van der Waals surface area contributed by atoms with Crippen molar-refractivity contribution in [2.45, 2.75) is 45.8 Å². The fourth-order valence-corrected chi connectivity index (χ4v) is 1.62.